The second-order valence-corrected chi connectivity index (χ2v) is 9.04. The lowest BCUT2D eigenvalue weighted by atomic mass is 9.86. The first-order chi connectivity index (χ1) is 15.2. The van der Waals surface area contributed by atoms with Gasteiger partial charge in [0.2, 0.25) is 5.79 Å². The second-order valence-electron chi connectivity index (χ2n) is 7.44. The van der Waals surface area contributed by atoms with Gasteiger partial charge in [-0.2, -0.15) is 12.8 Å². The van der Waals surface area contributed by atoms with Crippen molar-refractivity contribution in [3.05, 3.63) is 81.0 Å². The summed E-state index contributed by atoms with van der Waals surface area (Å²) in [4.78, 5) is 12.0. The number of benzene rings is 2. The molecule has 4 rings (SSSR count). The fourth-order valence-electron chi connectivity index (χ4n) is 3.88. The van der Waals surface area contributed by atoms with E-state index >= 15 is 0 Å². The standard InChI is InChI=1S/C21H21N3O7S/c1-14-6-7-15(12-19(14)24(27)28)32(29,30)22-18-13-20-21(26,17-5-3-2-4-16(17)18)31-11-9-23(20)8-10-25/h2-7,12-13,25-26H,8-11H2,1H3/t21-/m1/s1. The van der Waals surface area contributed by atoms with Gasteiger partial charge < -0.3 is 19.8 Å². The zero-order chi connectivity index (χ0) is 23.1. The Hall–Kier alpha value is -3.12. The lowest BCUT2D eigenvalue weighted by Gasteiger charge is -2.45. The fourth-order valence-corrected chi connectivity index (χ4v) is 4.90. The summed E-state index contributed by atoms with van der Waals surface area (Å²) in [6.07, 6.45) is 1.41. The number of morpholine rings is 1. The highest BCUT2D eigenvalue weighted by Gasteiger charge is 2.46. The second kappa shape index (κ2) is 8.10. The van der Waals surface area contributed by atoms with Gasteiger partial charge in [-0.3, -0.25) is 10.1 Å². The molecule has 0 bridgehead atoms. The summed E-state index contributed by atoms with van der Waals surface area (Å²) < 4.78 is 35.7. The average molecular weight is 459 g/mol. The zero-order valence-electron chi connectivity index (χ0n) is 17.1. The molecule has 1 aliphatic heterocycles. The van der Waals surface area contributed by atoms with Gasteiger partial charge in [-0.1, -0.05) is 30.3 Å². The van der Waals surface area contributed by atoms with E-state index in [-0.39, 0.29) is 41.8 Å². The third-order valence-corrected chi connectivity index (χ3v) is 6.75. The summed E-state index contributed by atoms with van der Waals surface area (Å²) in [5, 5.41) is 32.0. The van der Waals surface area contributed by atoms with Gasteiger partial charge in [-0.25, -0.2) is 0 Å². The largest absolute Gasteiger partial charge is 0.395 e. The summed E-state index contributed by atoms with van der Waals surface area (Å²) in [6, 6.07) is 10.2. The van der Waals surface area contributed by atoms with Gasteiger partial charge >= 0.3 is 0 Å². The average Bonchev–Trinajstić information content (AvgIpc) is 2.75. The van der Waals surface area contributed by atoms with Gasteiger partial charge in [-0.05, 0) is 19.1 Å². The molecule has 10 nitrogen and oxygen atoms in total. The van der Waals surface area contributed by atoms with E-state index in [2.05, 4.69) is 4.40 Å². The van der Waals surface area contributed by atoms with Gasteiger partial charge in [-0.15, -0.1) is 0 Å². The van der Waals surface area contributed by atoms with Crippen LogP contribution in [0.4, 0.5) is 5.69 Å². The number of aryl methyl sites for hydroxylation is 1. The van der Waals surface area contributed by atoms with Crippen molar-refractivity contribution < 1.29 is 28.3 Å². The van der Waals surface area contributed by atoms with Crippen molar-refractivity contribution in [1.29, 1.82) is 0 Å². The fraction of sp³-hybridized carbons (Fsp3) is 0.286. The minimum absolute atomic E-state index is 0.0527. The molecule has 0 saturated carbocycles. The van der Waals surface area contributed by atoms with E-state index in [1.54, 1.807) is 29.2 Å². The number of allylic oxidation sites excluding steroid dienone is 1. The number of rotatable bonds is 5. The van der Waals surface area contributed by atoms with E-state index in [4.69, 9.17) is 4.74 Å². The number of β-amino-alcohol motifs (C(OH)–C–C–N with tert-alkyl or cyclic N) is 1. The number of nitrogens with zero attached hydrogens (tertiary/aromatic N) is 3. The van der Waals surface area contributed by atoms with Crippen molar-refractivity contribution in [1.82, 2.24) is 4.90 Å². The van der Waals surface area contributed by atoms with Crippen molar-refractivity contribution in [3.8, 4) is 0 Å². The quantitative estimate of drug-likeness (QED) is 0.505. The van der Waals surface area contributed by atoms with Crippen LogP contribution in [-0.2, 0) is 20.5 Å². The molecule has 168 valence electrons. The lowest BCUT2D eigenvalue weighted by molar-refractivity contribution is -0.385. The maximum absolute atomic E-state index is 13.1. The summed E-state index contributed by atoms with van der Waals surface area (Å²) in [6.45, 7) is 2.15. The van der Waals surface area contributed by atoms with Crippen LogP contribution in [0.3, 0.4) is 0 Å². The third-order valence-electron chi connectivity index (χ3n) is 5.47. The highest BCUT2D eigenvalue weighted by molar-refractivity contribution is 7.90. The molecular weight excluding hydrogens is 438 g/mol. The number of nitro groups is 1. The van der Waals surface area contributed by atoms with E-state index in [1.165, 1.54) is 25.1 Å². The Bertz CT molecular complexity index is 1250. The van der Waals surface area contributed by atoms with Crippen LogP contribution >= 0.6 is 0 Å². The van der Waals surface area contributed by atoms with Crippen LogP contribution in [0.5, 0.6) is 0 Å². The Morgan fingerprint density at radius 2 is 2.03 bits per heavy atom. The predicted molar refractivity (Wildman–Crippen MR) is 115 cm³/mol. The van der Waals surface area contributed by atoms with Gasteiger partial charge in [0.25, 0.3) is 15.7 Å². The van der Waals surface area contributed by atoms with Crippen molar-refractivity contribution in [2.75, 3.05) is 26.3 Å². The van der Waals surface area contributed by atoms with E-state index in [0.29, 0.717) is 23.2 Å². The Morgan fingerprint density at radius 1 is 1.28 bits per heavy atom. The molecule has 32 heavy (non-hydrogen) atoms. The van der Waals surface area contributed by atoms with Crippen LogP contribution < -0.4 is 0 Å². The number of aliphatic hydroxyl groups is 2. The topological polar surface area (TPSA) is 143 Å². The molecule has 1 saturated heterocycles. The zero-order valence-corrected chi connectivity index (χ0v) is 17.9. The predicted octanol–water partition coefficient (Wildman–Crippen LogP) is 1.45. The molecule has 2 aliphatic rings. The summed E-state index contributed by atoms with van der Waals surface area (Å²) in [5.41, 5.74) is 1.00. The van der Waals surface area contributed by atoms with Gasteiger partial charge in [0.15, 0.2) is 0 Å². The van der Waals surface area contributed by atoms with Gasteiger partial charge in [0.1, 0.15) is 0 Å². The van der Waals surface area contributed by atoms with E-state index < -0.39 is 20.7 Å². The van der Waals surface area contributed by atoms with Crippen LogP contribution in [0.2, 0.25) is 0 Å². The molecule has 2 N–H and O–H groups in total. The van der Waals surface area contributed by atoms with Gasteiger partial charge in [0, 0.05) is 35.8 Å². The molecule has 0 aromatic heterocycles. The summed E-state index contributed by atoms with van der Waals surface area (Å²) in [7, 11) is -4.31. The maximum Gasteiger partial charge on any atom is 0.283 e. The Kier molecular flexibility index (Phi) is 5.59. The van der Waals surface area contributed by atoms with Crippen LogP contribution in [0, 0.1) is 17.0 Å². The van der Waals surface area contributed by atoms with Crippen molar-refractivity contribution in [2.24, 2.45) is 4.40 Å². The minimum Gasteiger partial charge on any atom is -0.395 e. The summed E-state index contributed by atoms with van der Waals surface area (Å²) in [5.74, 6) is -1.81. The molecule has 1 atom stereocenters. The molecule has 2 aromatic carbocycles. The monoisotopic (exact) mass is 459 g/mol. The normalized spacial score (nSPS) is 21.7. The Labute approximate surface area is 184 Å². The van der Waals surface area contributed by atoms with Gasteiger partial charge in [0.05, 0.1) is 34.4 Å². The van der Waals surface area contributed by atoms with Crippen LogP contribution in [0.15, 0.2) is 63.5 Å². The minimum atomic E-state index is -4.31. The van der Waals surface area contributed by atoms with E-state index in [1.807, 2.05) is 0 Å². The molecule has 0 unspecified atom stereocenters. The number of sulfonamides is 1. The van der Waals surface area contributed by atoms with E-state index in [9.17, 15) is 28.7 Å². The number of hydrogen-bond donors (Lipinski definition) is 2. The molecule has 1 fully saturated rings. The molecule has 0 spiro atoms. The molecule has 1 heterocycles. The molecule has 0 radical (unpaired) electrons. The molecule has 2 aromatic rings. The Morgan fingerprint density at radius 3 is 2.75 bits per heavy atom. The lowest BCUT2D eigenvalue weighted by Crippen LogP contribution is -2.50. The smallest absolute Gasteiger partial charge is 0.283 e. The number of hydrogen-bond acceptors (Lipinski definition) is 8. The molecule has 11 heteroatoms. The number of nitro benzene ring substituents is 1. The highest BCUT2D eigenvalue weighted by atomic mass is 32.2. The number of ether oxygens (including phenoxy) is 1. The first-order valence-electron chi connectivity index (χ1n) is 9.81. The number of fused-ring (bicyclic) bond motifs is 3. The highest BCUT2D eigenvalue weighted by Crippen LogP contribution is 2.41. The maximum atomic E-state index is 13.1. The van der Waals surface area contributed by atoms with Crippen LogP contribution in [-0.4, -0.2) is 60.5 Å². The van der Waals surface area contributed by atoms with Crippen molar-refractivity contribution >= 4 is 21.4 Å². The molecule has 0 amide bonds. The molecular formula is C21H21N3O7S. The van der Waals surface area contributed by atoms with Crippen molar-refractivity contribution in [2.45, 2.75) is 17.6 Å². The SMILES string of the molecule is Cc1ccc(S(=O)(=O)N=C2C=C3N(CCO)CCO[C@]3(O)c3ccccc32)cc1[N+](=O)[O-]. The van der Waals surface area contributed by atoms with E-state index in [0.717, 1.165) is 6.07 Å². The summed E-state index contributed by atoms with van der Waals surface area (Å²) >= 11 is 0. The van der Waals surface area contributed by atoms with Crippen molar-refractivity contribution in [3.63, 3.8) is 0 Å². The number of aliphatic hydroxyl groups excluding tert-OH is 1. The van der Waals surface area contributed by atoms with Crippen LogP contribution in [0.25, 0.3) is 0 Å². The van der Waals surface area contributed by atoms with Crippen LogP contribution in [0.1, 0.15) is 16.7 Å². The third kappa shape index (κ3) is 3.69. The first kappa shape index (κ1) is 22.1. The molecule has 1 aliphatic carbocycles. The Balaban J connectivity index is 1.88. The first-order valence-corrected chi connectivity index (χ1v) is 11.3.